The van der Waals surface area contributed by atoms with Crippen molar-refractivity contribution >= 4 is 11.9 Å². The number of likely N-dealkylation sites (tertiary alicyclic amines) is 1. The van der Waals surface area contributed by atoms with Crippen molar-refractivity contribution in [1.29, 1.82) is 0 Å². The van der Waals surface area contributed by atoms with Crippen LogP contribution in [0.15, 0.2) is 6.07 Å². The zero-order valence-corrected chi connectivity index (χ0v) is 15.5. The minimum absolute atomic E-state index is 0.0913. The third kappa shape index (κ3) is 5.30. The van der Waals surface area contributed by atoms with E-state index in [1.54, 1.807) is 0 Å². The minimum Gasteiger partial charge on any atom is -0.481 e. The van der Waals surface area contributed by atoms with Crippen molar-refractivity contribution in [3.8, 4) is 0 Å². The fourth-order valence-corrected chi connectivity index (χ4v) is 3.85. The van der Waals surface area contributed by atoms with Crippen LogP contribution in [0.3, 0.4) is 0 Å². The number of nitrogens with zero attached hydrogens (tertiary/aromatic N) is 4. The van der Waals surface area contributed by atoms with E-state index in [-0.39, 0.29) is 12.3 Å². The van der Waals surface area contributed by atoms with Crippen molar-refractivity contribution in [2.45, 2.75) is 64.5 Å². The third-order valence-corrected chi connectivity index (χ3v) is 5.32. The smallest absolute Gasteiger partial charge is 0.303 e. The lowest BCUT2D eigenvalue weighted by molar-refractivity contribution is -0.137. The van der Waals surface area contributed by atoms with Gasteiger partial charge < -0.3 is 10.0 Å². The summed E-state index contributed by atoms with van der Waals surface area (Å²) in [7, 11) is 0. The highest BCUT2D eigenvalue weighted by molar-refractivity contribution is 5.78. The molecule has 1 aromatic heterocycles. The van der Waals surface area contributed by atoms with Crippen molar-refractivity contribution in [2.24, 2.45) is 0 Å². The Labute approximate surface area is 155 Å². The van der Waals surface area contributed by atoms with Crippen LogP contribution in [-0.2, 0) is 29.1 Å². The van der Waals surface area contributed by atoms with Crippen LogP contribution >= 0.6 is 0 Å². The number of hydrogen-bond acceptors (Lipinski definition) is 4. The molecule has 0 unspecified atom stereocenters. The fourth-order valence-electron chi connectivity index (χ4n) is 3.85. The molecule has 2 aliphatic rings. The number of aromatic nitrogens is 2. The van der Waals surface area contributed by atoms with Crippen molar-refractivity contribution in [1.82, 2.24) is 19.6 Å². The van der Waals surface area contributed by atoms with Gasteiger partial charge in [-0.2, -0.15) is 5.10 Å². The second-order valence-electron chi connectivity index (χ2n) is 7.46. The highest BCUT2D eigenvalue weighted by Gasteiger charge is 2.22. The molecule has 0 aliphatic carbocycles. The van der Waals surface area contributed by atoms with Crippen molar-refractivity contribution in [3.05, 3.63) is 17.5 Å². The Morgan fingerprint density at radius 3 is 2.46 bits per heavy atom. The summed E-state index contributed by atoms with van der Waals surface area (Å²) >= 11 is 0. The molecule has 0 radical (unpaired) electrons. The topological polar surface area (TPSA) is 78.7 Å². The van der Waals surface area contributed by atoms with Gasteiger partial charge in [0.15, 0.2) is 0 Å². The number of carboxylic acid groups (broad SMARTS) is 1. The molecule has 0 atom stereocenters. The summed E-state index contributed by atoms with van der Waals surface area (Å²) < 4.78 is 1.95. The standard InChI is InChI=1S/C19H30N4O3/c24-18(15-21-9-4-2-1-3-5-10-21)22-11-6-12-23-17(14-22)13-16(20-23)7-8-19(25)26/h13H,1-12,14-15H2,(H,25,26). The van der Waals surface area contributed by atoms with E-state index in [0.29, 0.717) is 19.5 Å². The lowest BCUT2D eigenvalue weighted by Gasteiger charge is -2.27. The zero-order chi connectivity index (χ0) is 18.4. The summed E-state index contributed by atoms with van der Waals surface area (Å²) in [6.45, 7) is 4.69. The Balaban J connectivity index is 1.58. The van der Waals surface area contributed by atoms with Crippen molar-refractivity contribution < 1.29 is 14.7 Å². The molecule has 7 nitrogen and oxygen atoms in total. The summed E-state index contributed by atoms with van der Waals surface area (Å²) in [6, 6.07) is 1.96. The third-order valence-electron chi connectivity index (χ3n) is 5.32. The average Bonchev–Trinajstić information content (AvgIpc) is 2.85. The average molecular weight is 362 g/mol. The van der Waals surface area contributed by atoms with E-state index in [4.69, 9.17) is 5.11 Å². The molecule has 1 aromatic rings. The molecule has 0 aromatic carbocycles. The molecule has 7 heteroatoms. The van der Waals surface area contributed by atoms with Crippen LogP contribution in [0, 0.1) is 0 Å². The monoisotopic (exact) mass is 362 g/mol. The summed E-state index contributed by atoms with van der Waals surface area (Å²) in [5.74, 6) is -0.606. The largest absolute Gasteiger partial charge is 0.481 e. The Morgan fingerprint density at radius 1 is 1.00 bits per heavy atom. The van der Waals surface area contributed by atoms with Gasteiger partial charge in [0.05, 0.1) is 30.9 Å². The van der Waals surface area contributed by atoms with Crippen LogP contribution in [0.1, 0.15) is 56.3 Å². The maximum Gasteiger partial charge on any atom is 0.303 e. The molecule has 26 heavy (non-hydrogen) atoms. The predicted molar refractivity (Wildman–Crippen MR) is 97.7 cm³/mol. The summed E-state index contributed by atoms with van der Waals surface area (Å²) in [4.78, 5) is 27.8. The summed E-state index contributed by atoms with van der Waals surface area (Å²) in [6.07, 6.45) is 7.66. The van der Waals surface area contributed by atoms with Gasteiger partial charge in [0.2, 0.25) is 5.91 Å². The van der Waals surface area contributed by atoms with E-state index in [1.807, 2.05) is 15.6 Å². The lowest BCUT2D eigenvalue weighted by atomic mass is 10.1. The molecular weight excluding hydrogens is 332 g/mol. The second-order valence-corrected chi connectivity index (χ2v) is 7.46. The molecule has 3 heterocycles. The number of carbonyl (C=O) groups excluding carboxylic acids is 1. The van der Waals surface area contributed by atoms with Crippen LogP contribution in [0.4, 0.5) is 0 Å². The summed E-state index contributed by atoms with van der Waals surface area (Å²) in [5.41, 5.74) is 1.82. The van der Waals surface area contributed by atoms with Gasteiger partial charge >= 0.3 is 5.97 Å². The van der Waals surface area contributed by atoms with E-state index < -0.39 is 5.97 Å². The van der Waals surface area contributed by atoms with E-state index in [9.17, 15) is 9.59 Å². The summed E-state index contributed by atoms with van der Waals surface area (Å²) in [5, 5.41) is 13.4. The molecule has 1 amide bonds. The molecule has 0 bridgehead atoms. The van der Waals surface area contributed by atoms with Crippen molar-refractivity contribution in [2.75, 3.05) is 26.2 Å². The first kappa shape index (κ1) is 18.9. The van der Waals surface area contributed by atoms with Gasteiger partial charge in [-0.05, 0) is 38.4 Å². The van der Waals surface area contributed by atoms with Gasteiger partial charge in [0.25, 0.3) is 0 Å². The molecule has 3 rings (SSSR count). The number of aryl methyl sites for hydroxylation is 2. The highest BCUT2D eigenvalue weighted by Crippen LogP contribution is 2.16. The van der Waals surface area contributed by atoms with Gasteiger partial charge in [-0.15, -0.1) is 0 Å². The predicted octanol–water partition coefficient (Wildman–Crippen LogP) is 1.90. The van der Waals surface area contributed by atoms with E-state index >= 15 is 0 Å². The van der Waals surface area contributed by atoms with Gasteiger partial charge in [0, 0.05) is 19.5 Å². The maximum absolute atomic E-state index is 12.8. The number of amides is 1. The van der Waals surface area contributed by atoms with Crippen LogP contribution in [-0.4, -0.2) is 62.7 Å². The molecule has 2 aliphatic heterocycles. The first-order valence-electron chi connectivity index (χ1n) is 9.89. The van der Waals surface area contributed by atoms with Gasteiger partial charge in [-0.25, -0.2) is 0 Å². The van der Waals surface area contributed by atoms with Gasteiger partial charge in [-0.3, -0.25) is 19.2 Å². The number of hydrogen-bond donors (Lipinski definition) is 1. The maximum atomic E-state index is 12.8. The molecular formula is C19H30N4O3. The number of carboxylic acids is 1. The normalized spacial score (nSPS) is 19.3. The highest BCUT2D eigenvalue weighted by atomic mass is 16.4. The number of aliphatic carboxylic acids is 1. The SMILES string of the molecule is O=C(O)CCc1cc2n(n1)CCCN(C(=O)CN1CCCCCCC1)C2. The molecule has 1 saturated heterocycles. The van der Waals surface area contributed by atoms with Crippen LogP contribution in [0.5, 0.6) is 0 Å². The van der Waals surface area contributed by atoms with Gasteiger partial charge in [0.1, 0.15) is 0 Å². The molecule has 144 valence electrons. The Kier molecular flexibility index (Phi) is 6.66. The fraction of sp³-hybridized carbons (Fsp3) is 0.737. The molecule has 0 spiro atoms. The lowest BCUT2D eigenvalue weighted by Crippen LogP contribution is -2.41. The minimum atomic E-state index is -0.807. The van der Waals surface area contributed by atoms with Gasteiger partial charge in [-0.1, -0.05) is 19.3 Å². The molecule has 1 fully saturated rings. The van der Waals surface area contributed by atoms with Crippen LogP contribution in [0.2, 0.25) is 0 Å². The first-order valence-corrected chi connectivity index (χ1v) is 9.89. The zero-order valence-electron chi connectivity index (χ0n) is 15.5. The quantitative estimate of drug-likeness (QED) is 0.865. The van der Waals surface area contributed by atoms with Crippen LogP contribution in [0.25, 0.3) is 0 Å². The number of carbonyl (C=O) groups is 2. The van der Waals surface area contributed by atoms with E-state index in [2.05, 4.69) is 10.00 Å². The first-order chi connectivity index (χ1) is 12.6. The Morgan fingerprint density at radius 2 is 1.73 bits per heavy atom. The molecule has 1 N–H and O–H groups in total. The number of rotatable bonds is 5. The Hall–Kier alpha value is -1.89. The molecule has 0 saturated carbocycles. The van der Waals surface area contributed by atoms with E-state index in [1.165, 1.54) is 32.1 Å². The number of fused-ring (bicyclic) bond motifs is 1. The van der Waals surface area contributed by atoms with E-state index in [0.717, 1.165) is 44.0 Å². The Bertz CT molecular complexity index is 620. The van der Waals surface area contributed by atoms with Crippen molar-refractivity contribution in [3.63, 3.8) is 0 Å². The second kappa shape index (κ2) is 9.16. The van der Waals surface area contributed by atoms with Crippen LogP contribution < -0.4 is 0 Å².